The van der Waals surface area contributed by atoms with Crippen LogP contribution in [0.3, 0.4) is 0 Å². The number of methoxy groups -OCH3 is 1. The average Bonchev–Trinajstić information content (AvgIpc) is 2.36. The first-order valence-corrected chi connectivity index (χ1v) is 4.27. The third-order valence-corrected chi connectivity index (χ3v) is 2.56. The summed E-state index contributed by atoms with van der Waals surface area (Å²) in [6, 6.07) is 0. The molecule has 2 nitrogen and oxygen atoms in total. The number of Topliss-reactive ketones (excluding diaryl/α,β-unsaturated/α-hetero) is 1. The molecule has 0 aromatic heterocycles. The molecule has 0 aromatic rings. The molecule has 0 amide bonds. The van der Waals surface area contributed by atoms with Crippen molar-refractivity contribution < 1.29 is 9.53 Å². The average molecular weight is 156 g/mol. The largest absolute Gasteiger partial charge is 0.377 e. The quantitative estimate of drug-likeness (QED) is 0.621. The number of ketones is 1. The Hall–Kier alpha value is -0.370. The second-order valence-corrected chi connectivity index (χ2v) is 3.41. The smallest absolute Gasteiger partial charge is 0.161 e. The van der Waals surface area contributed by atoms with E-state index in [1.807, 2.05) is 0 Å². The zero-order chi connectivity index (χ0) is 8.27. The molecule has 1 rings (SSSR count). The van der Waals surface area contributed by atoms with E-state index in [0.717, 1.165) is 6.42 Å². The Morgan fingerprint density at radius 3 is 2.73 bits per heavy atom. The molecular formula is C9H16O2. The fourth-order valence-electron chi connectivity index (χ4n) is 1.87. The Labute approximate surface area is 67.9 Å². The first-order chi connectivity index (χ1) is 5.25. The highest BCUT2D eigenvalue weighted by atomic mass is 16.5. The molecule has 1 aliphatic carbocycles. The number of carbonyl (C=O) groups is 1. The molecule has 0 saturated heterocycles. The first kappa shape index (κ1) is 8.72. The van der Waals surface area contributed by atoms with E-state index in [-0.39, 0.29) is 11.7 Å². The van der Waals surface area contributed by atoms with E-state index < -0.39 is 0 Å². The van der Waals surface area contributed by atoms with Crippen LogP contribution < -0.4 is 0 Å². The highest BCUT2D eigenvalue weighted by molar-refractivity contribution is 5.82. The lowest BCUT2D eigenvalue weighted by Crippen LogP contribution is -2.21. The lowest BCUT2D eigenvalue weighted by Gasteiger charge is -2.12. The van der Waals surface area contributed by atoms with Crippen LogP contribution in [-0.2, 0) is 9.53 Å². The van der Waals surface area contributed by atoms with E-state index in [2.05, 4.69) is 6.92 Å². The molecule has 2 atom stereocenters. The molecule has 0 bridgehead atoms. The van der Waals surface area contributed by atoms with Crippen LogP contribution in [0.15, 0.2) is 0 Å². The second kappa shape index (κ2) is 3.86. The van der Waals surface area contributed by atoms with E-state index in [0.29, 0.717) is 12.5 Å². The summed E-state index contributed by atoms with van der Waals surface area (Å²) in [5.41, 5.74) is 0. The molecule has 2 heteroatoms. The molecule has 0 N–H and O–H groups in total. The third kappa shape index (κ3) is 2.03. The number of hydrogen-bond donors (Lipinski definition) is 0. The predicted molar refractivity (Wildman–Crippen MR) is 43.4 cm³/mol. The fraction of sp³-hybridized carbons (Fsp3) is 0.889. The normalized spacial score (nSPS) is 30.7. The highest BCUT2D eigenvalue weighted by Gasteiger charge is 2.28. The summed E-state index contributed by atoms with van der Waals surface area (Å²) in [7, 11) is 1.58. The maximum absolute atomic E-state index is 11.3. The predicted octanol–water partition coefficient (Wildman–Crippen LogP) is 1.64. The summed E-state index contributed by atoms with van der Waals surface area (Å²) in [6.07, 6.45) is 3.49. The minimum atomic E-state index is 0.287. The van der Waals surface area contributed by atoms with Crippen molar-refractivity contribution in [2.24, 2.45) is 11.8 Å². The Morgan fingerprint density at radius 1 is 1.55 bits per heavy atom. The molecule has 0 aromatic carbocycles. The molecule has 0 heterocycles. The lowest BCUT2D eigenvalue weighted by molar-refractivity contribution is -0.127. The van der Waals surface area contributed by atoms with E-state index in [1.54, 1.807) is 7.11 Å². The monoisotopic (exact) mass is 156 g/mol. The van der Waals surface area contributed by atoms with E-state index >= 15 is 0 Å². The zero-order valence-corrected chi connectivity index (χ0v) is 7.30. The van der Waals surface area contributed by atoms with Gasteiger partial charge in [0.1, 0.15) is 6.61 Å². The molecular weight excluding hydrogens is 140 g/mol. The van der Waals surface area contributed by atoms with E-state index in [1.165, 1.54) is 12.8 Å². The van der Waals surface area contributed by atoms with Crippen molar-refractivity contribution >= 4 is 5.78 Å². The standard InChI is InChI=1S/C9H16O2/c1-7-4-3-5-8(7)9(10)6-11-2/h7-8H,3-6H2,1-2H3. The molecule has 0 spiro atoms. The SMILES string of the molecule is COCC(=O)C1CCCC1C. The second-order valence-electron chi connectivity index (χ2n) is 3.41. The lowest BCUT2D eigenvalue weighted by atomic mass is 9.94. The molecule has 1 saturated carbocycles. The Kier molecular flexibility index (Phi) is 3.06. The Morgan fingerprint density at radius 2 is 2.27 bits per heavy atom. The Bertz CT molecular complexity index is 142. The van der Waals surface area contributed by atoms with Crippen LogP contribution in [0, 0.1) is 11.8 Å². The zero-order valence-electron chi connectivity index (χ0n) is 7.30. The van der Waals surface area contributed by atoms with Crippen molar-refractivity contribution in [3.05, 3.63) is 0 Å². The van der Waals surface area contributed by atoms with Crippen LogP contribution >= 0.6 is 0 Å². The van der Waals surface area contributed by atoms with Crippen molar-refractivity contribution in [2.75, 3.05) is 13.7 Å². The summed E-state index contributed by atoms with van der Waals surface area (Å²) < 4.78 is 4.81. The summed E-state index contributed by atoms with van der Waals surface area (Å²) in [4.78, 5) is 11.3. The van der Waals surface area contributed by atoms with Crippen molar-refractivity contribution in [1.82, 2.24) is 0 Å². The Balaban J connectivity index is 2.39. The minimum Gasteiger partial charge on any atom is -0.377 e. The van der Waals surface area contributed by atoms with Gasteiger partial charge >= 0.3 is 0 Å². The number of carbonyl (C=O) groups excluding carboxylic acids is 1. The van der Waals surface area contributed by atoms with Gasteiger partial charge in [-0.05, 0) is 18.8 Å². The van der Waals surface area contributed by atoms with Crippen LogP contribution in [0.1, 0.15) is 26.2 Å². The van der Waals surface area contributed by atoms with Gasteiger partial charge in [-0.25, -0.2) is 0 Å². The van der Waals surface area contributed by atoms with Crippen LogP contribution in [-0.4, -0.2) is 19.5 Å². The van der Waals surface area contributed by atoms with Crippen molar-refractivity contribution in [1.29, 1.82) is 0 Å². The van der Waals surface area contributed by atoms with Crippen molar-refractivity contribution in [3.8, 4) is 0 Å². The molecule has 0 radical (unpaired) electrons. The fourth-order valence-corrected chi connectivity index (χ4v) is 1.87. The summed E-state index contributed by atoms with van der Waals surface area (Å²) in [5.74, 6) is 1.16. The molecule has 1 fully saturated rings. The van der Waals surface area contributed by atoms with E-state index in [9.17, 15) is 4.79 Å². The van der Waals surface area contributed by atoms with Crippen LogP contribution in [0.5, 0.6) is 0 Å². The van der Waals surface area contributed by atoms with Gasteiger partial charge in [0.2, 0.25) is 0 Å². The minimum absolute atomic E-state index is 0.287. The van der Waals surface area contributed by atoms with Crippen LogP contribution in [0.25, 0.3) is 0 Å². The molecule has 64 valence electrons. The topological polar surface area (TPSA) is 26.3 Å². The third-order valence-electron chi connectivity index (χ3n) is 2.56. The first-order valence-electron chi connectivity index (χ1n) is 4.27. The summed E-state index contributed by atoms with van der Waals surface area (Å²) in [5, 5.41) is 0. The molecule has 11 heavy (non-hydrogen) atoms. The van der Waals surface area contributed by atoms with Gasteiger partial charge in [0.25, 0.3) is 0 Å². The summed E-state index contributed by atoms with van der Waals surface area (Å²) >= 11 is 0. The molecule has 1 aliphatic rings. The van der Waals surface area contributed by atoms with Gasteiger partial charge in [-0.3, -0.25) is 4.79 Å². The van der Waals surface area contributed by atoms with Gasteiger partial charge < -0.3 is 4.74 Å². The van der Waals surface area contributed by atoms with Crippen LogP contribution in [0.4, 0.5) is 0 Å². The van der Waals surface area contributed by atoms with Gasteiger partial charge in [0, 0.05) is 13.0 Å². The number of rotatable bonds is 3. The van der Waals surface area contributed by atoms with Gasteiger partial charge in [-0.2, -0.15) is 0 Å². The van der Waals surface area contributed by atoms with Crippen LogP contribution in [0.2, 0.25) is 0 Å². The number of hydrogen-bond acceptors (Lipinski definition) is 2. The highest BCUT2D eigenvalue weighted by Crippen LogP contribution is 2.31. The van der Waals surface area contributed by atoms with E-state index in [4.69, 9.17) is 4.74 Å². The van der Waals surface area contributed by atoms with Gasteiger partial charge in [0.05, 0.1) is 0 Å². The summed E-state index contributed by atoms with van der Waals surface area (Å²) in [6.45, 7) is 2.46. The van der Waals surface area contributed by atoms with Gasteiger partial charge in [-0.1, -0.05) is 13.3 Å². The number of ether oxygens (including phenoxy) is 1. The maximum Gasteiger partial charge on any atom is 0.161 e. The van der Waals surface area contributed by atoms with Gasteiger partial charge in [-0.15, -0.1) is 0 Å². The van der Waals surface area contributed by atoms with Crippen molar-refractivity contribution in [3.63, 3.8) is 0 Å². The molecule has 0 aliphatic heterocycles. The molecule has 2 unspecified atom stereocenters. The van der Waals surface area contributed by atoms with Gasteiger partial charge in [0.15, 0.2) is 5.78 Å². The maximum atomic E-state index is 11.3. The van der Waals surface area contributed by atoms with Crippen molar-refractivity contribution in [2.45, 2.75) is 26.2 Å².